The normalized spacial score (nSPS) is 11.0. The average Bonchev–Trinajstić information content (AvgIpc) is 3.21. The number of nitro groups is 1. The summed E-state index contributed by atoms with van der Waals surface area (Å²) in [5.74, 6) is -0.715. The highest BCUT2D eigenvalue weighted by atomic mass is 35.5. The molecule has 0 saturated carbocycles. The molecule has 1 N–H and O–H groups in total. The molecule has 1 amide bonds. The summed E-state index contributed by atoms with van der Waals surface area (Å²) in [7, 11) is 0. The van der Waals surface area contributed by atoms with Gasteiger partial charge in [-0.2, -0.15) is 5.10 Å². The maximum absolute atomic E-state index is 12.5. The number of amides is 1. The number of benzene rings is 1. The fourth-order valence-electron chi connectivity index (χ4n) is 2.67. The van der Waals surface area contributed by atoms with E-state index in [2.05, 4.69) is 15.6 Å². The maximum atomic E-state index is 12.5. The average molecular weight is 404 g/mol. The van der Waals surface area contributed by atoms with Crippen molar-refractivity contribution < 1.29 is 14.2 Å². The minimum Gasteiger partial charge on any atom is -0.353 e. The van der Waals surface area contributed by atoms with Gasteiger partial charge in [-0.15, -0.1) is 0 Å². The molecule has 0 fully saturated rings. The molecule has 9 nitrogen and oxygen atoms in total. The zero-order valence-corrected chi connectivity index (χ0v) is 16.2. The lowest BCUT2D eigenvalue weighted by atomic mass is 10.1. The number of nitrogens with one attached hydrogen (secondary N) is 1. The van der Waals surface area contributed by atoms with E-state index in [0.717, 1.165) is 11.3 Å². The number of hydrogen-bond acceptors (Lipinski definition) is 6. The third kappa shape index (κ3) is 4.04. The van der Waals surface area contributed by atoms with Crippen molar-refractivity contribution in [1.82, 2.24) is 14.9 Å². The van der Waals surface area contributed by atoms with Gasteiger partial charge in [0, 0.05) is 22.7 Å². The van der Waals surface area contributed by atoms with Crippen molar-refractivity contribution >= 4 is 29.0 Å². The highest BCUT2D eigenvalue weighted by molar-refractivity contribution is 6.30. The summed E-state index contributed by atoms with van der Waals surface area (Å²) >= 11 is 5.89. The minimum atomic E-state index is -0.751. The number of carbonyl (C=O) groups excluding carboxylic acids is 1. The Hall–Kier alpha value is -3.20. The summed E-state index contributed by atoms with van der Waals surface area (Å²) in [6, 6.07) is 9.01. The van der Waals surface area contributed by atoms with Crippen molar-refractivity contribution in [2.45, 2.75) is 33.2 Å². The van der Waals surface area contributed by atoms with Crippen LogP contribution in [0, 0.1) is 17.0 Å². The smallest absolute Gasteiger partial charge is 0.344 e. The standard InChI is InChI=1S/C18H18ClN5O4/c1-10(2)17-16(24(26)27)15(22-28-17)18(25)20-14-8-11(3)23(21-14)9-12-4-6-13(19)7-5-12/h4-8,10H,9H2,1-3H3,(H,20,21,25). The summed E-state index contributed by atoms with van der Waals surface area (Å²) in [6.45, 7) is 5.77. The Morgan fingerprint density at radius 3 is 2.64 bits per heavy atom. The van der Waals surface area contributed by atoms with Crippen LogP contribution >= 0.6 is 11.6 Å². The van der Waals surface area contributed by atoms with E-state index in [4.69, 9.17) is 16.1 Å². The molecule has 10 heteroatoms. The summed E-state index contributed by atoms with van der Waals surface area (Å²) in [6.07, 6.45) is 0. The molecule has 0 aliphatic carbocycles. The molecule has 0 aliphatic rings. The van der Waals surface area contributed by atoms with Crippen LogP contribution in [0.1, 0.15) is 47.3 Å². The van der Waals surface area contributed by atoms with Gasteiger partial charge in [0.05, 0.1) is 11.5 Å². The second-order valence-electron chi connectivity index (χ2n) is 6.57. The van der Waals surface area contributed by atoms with Gasteiger partial charge in [-0.25, -0.2) is 0 Å². The van der Waals surface area contributed by atoms with Gasteiger partial charge < -0.3 is 9.84 Å². The van der Waals surface area contributed by atoms with Crippen LogP contribution in [0.4, 0.5) is 11.5 Å². The topological polar surface area (TPSA) is 116 Å². The summed E-state index contributed by atoms with van der Waals surface area (Å²) in [5, 5.41) is 22.4. The molecule has 0 unspecified atom stereocenters. The SMILES string of the molecule is Cc1cc(NC(=O)c2noc(C(C)C)c2[N+](=O)[O-])nn1Cc1ccc(Cl)cc1. The second kappa shape index (κ2) is 7.81. The molecule has 1 aromatic carbocycles. The first-order chi connectivity index (χ1) is 13.3. The third-order valence-electron chi connectivity index (χ3n) is 4.08. The molecule has 3 aromatic rings. The largest absolute Gasteiger partial charge is 0.353 e. The molecule has 0 radical (unpaired) electrons. The van der Waals surface area contributed by atoms with Crippen LogP contribution in [0.3, 0.4) is 0 Å². The van der Waals surface area contributed by atoms with Crippen molar-refractivity contribution in [3.8, 4) is 0 Å². The molecule has 3 rings (SSSR count). The van der Waals surface area contributed by atoms with Gasteiger partial charge in [0.15, 0.2) is 5.82 Å². The van der Waals surface area contributed by atoms with Crippen LogP contribution in [0.5, 0.6) is 0 Å². The lowest BCUT2D eigenvalue weighted by Crippen LogP contribution is -2.15. The van der Waals surface area contributed by atoms with Crippen molar-refractivity contribution in [3.63, 3.8) is 0 Å². The zero-order chi connectivity index (χ0) is 20.4. The Bertz CT molecular complexity index is 1020. The van der Waals surface area contributed by atoms with Gasteiger partial charge >= 0.3 is 5.69 Å². The predicted octanol–water partition coefficient (Wildman–Crippen LogP) is 4.17. The van der Waals surface area contributed by atoms with Crippen LogP contribution in [0.15, 0.2) is 34.9 Å². The molecule has 146 valence electrons. The molecule has 2 aromatic heterocycles. The van der Waals surface area contributed by atoms with Gasteiger partial charge in [0.25, 0.3) is 5.91 Å². The molecule has 0 bridgehead atoms. The lowest BCUT2D eigenvalue weighted by Gasteiger charge is -2.04. The van der Waals surface area contributed by atoms with Crippen LogP contribution < -0.4 is 5.32 Å². The van der Waals surface area contributed by atoms with Gasteiger partial charge in [-0.1, -0.05) is 42.7 Å². The minimum absolute atomic E-state index is 0.0552. The van der Waals surface area contributed by atoms with Crippen molar-refractivity contribution in [2.75, 3.05) is 5.32 Å². The highest BCUT2D eigenvalue weighted by Crippen LogP contribution is 2.30. The molecular formula is C18H18ClN5O4. The van der Waals surface area contributed by atoms with E-state index in [9.17, 15) is 14.9 Å². The van der Waals surface area contributed by atoms with Crippen molar-refractivity contribution in [1.29, 1.82) is 0 Å². The number of hydrogen-bond donors (Lipinski definition) is 1. The van der Waals surface area contributed by atoms with Gasteiger partial charge in [0.1, 0.15) is 0 Å². The second-order valence-corrected chi connectivity index (χ2v) is 7.00. The first-order valence-corrected chi connectivity index (χ1v) is 8.88. The van der Waals surface area contributed by atoms with E-state index in [1.54, 1.807) is 36.7 Å². The number of aryl methyl sites for hydroxylation is 1. The number of carbonyl (C=O) groups is 1. The fraction of sp³-hybridized carbons (Fsp3) is 0.278. The quantitative estimate of drug-likeness (QED) is 0.487. The molecule has 0 atom stereocenters. The Labute approximate surface area is 165 Å². The zero-order valence-electron chi connectivity index (χ0n) is 15.5. The number of anilines is 1. The number of aromatic nitrogens is 3. The first-order valence-electron chi connectivity index (χ1n) is 8.50. The van der Waals surface area contributed by atoms with Crippen molar-refractivity contribution in [2.24, 2.45) is 0 Å². The predicted molar refractivity (Wildman–Crippen MR) is 103 cm³/mol. The van der Waals surface area contributed by atoms with E-state index in [1.807, 2.05) is 19.1 Å². The highest BCUT2D eigenvalue weighted by Gasteiger charge is 2.33. The maximum Gasteiger partial charge on any atom is 0.344 e. The molecule has 0 aliphatic heterocycles. The third-order valence-corrected chi connectivity index (χ3v) is 4.34. The molecule has 0 saturated heterocycles. The Balaban J connectivity index is 1.80. The van der Waals surface area contributed by atoms with E-state index in [1.165, 1.54) is 0 Å². The Morgan fingerprint density at radius 1 is 1.36 bits per heavy atom. The number of nitrogens with zero attached hydrogens (tertiary/aromatic N) is 4. The first kappa shape index (κ1) is 19.6. The van der Waals surface area contributed by atoms with Crippen LogP contribution in [0.25, 0.3) is 0 Å². The van der Waals surface area contributed by atoms with Gasteiger partial charge in [-0.05, 0) is 24.6 Å². The summed E-state index contributed by atoms with van der Waals surface area (Å²) in [5.41, 5.74) is 0.994. The Morgan fingerprint density at radius 2 is 2.04 bits per heavy atom. The molecule has 0 spiro atoms. The molecular weight excluding hydrogens is 386 g/mol. The number of halogens is 1. The van der Waals surface area contributed by atoms with E-state index in [-0.39, 0.29) is 23.2 Å². The molecule has 2 heterocycles. The monoisotopic (exact) mass is 403 g/mol. The lowest BCUT2D eigenvalue weighted by molar-refractivity contribution is -0.386. The van der Waals surface area contributed by atoms with Crippen LogP contribution in [-0.2, 0) is 6.54 Å². The molecule has 28 heavy (non-hydrogen) atoms. The van der Waals surface area contributed by atoms with E-state index >= 15 is 0 Å². The van der Waals surface area contributed by atoms with E-state index in [0.29, 0.717) is 11.6 Å². The van der Waals surface area contributed by atoms with E-state index < -0.39 is 16.5 Å². The summed E-state index contributed by atoms with van der Waals surface area (Å²) in [4.78, 5) is 23.2. The Kier molecular flexibility index (Phi) is 5.46. The van der Waals surface area contributed by atoms with Crippen molar-refractivity contribution in [3.05, 3.63) is 68.2 Å². The van der Waals surface area contributed by atoms with Crippen LogP contribution in [0.2, 0.25) is 5.02 Å². The summed E-state index contributed by atoms with van der Waals surface area (Å²) < 4.78 is 6.71. The van der Waals surface area contributed by atoms with Crippen LogP contribution in [-0.4, -0.2) is 25.8 Å². The van der Waals surface area contributed by atoms with Gasteiger partial charge in [-0.3, -0.25) is 19.6 Å². The van der Waals surface area contributed by atoms with Gasteiger partial charge in [0.2, 0.25) is 11.5 Å². The number of rotatable bonds is 6. The fourth-order valence-corrected chi connectivity index (χ4v) is 2.80.